The van der Waals surface area contributed by atoms with Crippen LogP contribution in [0.15, 0.2) is 28.1 Å². The van der Waals surface area contributed by atoms with E-state index >= 15 is 0 Å². The highest BCUT2D eigenvalue weighted by molar-refractivity contribution is 7.89. The van der Waals surface area contributed by atoms with Gasteiger partial charge in [0, 0.05) is 34.7 Å². The Kier molecular flexibility index (Phi) is 6.37. The Hall–Kier alpha value is -1.60. The van der Waals surface area contributed by atoms with Crippen molar-refractivity contribution >= 4 is 16.0 Å². The molecule has 6 nitrogen and oxygen atoms in total. The van der Waals surface area contributed by atoms with Gasteiger partial charge in [-0.1, -0.05) is 12.1 Å². The molecule has 0 aliphatic carbocycles. The van der Waals surface area contributed by atoms with Crippen molar-refractivity contribution in [3.05, 3.63) is 29.3 Å². The highest BCUT2D eigenvalue weighted by Gasteiger charge is 2.16. The minimum atomic E-state index is -3.50. The fourth-order valence-corrected chi connectivity index (χ4v) is 3.44. The first-order valence-corrected chi connectivity index (χ1v) is 8.59. The fourth-order valence-electron chi connectivity index (χ4n) is 2.09. The summed E-state index contributed by atoms with van der Waals surface area (Å²) in [5, 5.41) is 0. The molecule has 1 aromatic rings. The topological polar surface area (TPSA) is 65.0 Å². The molecule has 0 aromatic heterocycles. The number of nitrogens with zero attached hydrogens (tertiary/aromatic N) is 3. The Morgan fingerprint density at radius 2 is 1.73 bits per heavy atom. The fraction of sp³-hybridized carbons (Fsp3) is 0.533. The molecule has 0 heterocycles. The van der Waals surface area contributed by atoms with Crippen LogP contribution in [0.3, 0.4) is 0 Å². The van der Waals surface area contributed by atoms with Crippen LogP contribution in [0, 0.1) is 13.8 Å². The molecule has 0 fully saturated rings. The lowest BCUT2D eigenvalue weighted by Crippen LogP contribution is -2.36. The van der Waals surface area contributed by atoms with Gasteiger partial charge in [0.2, 0.25) is 10.0 Å². The number of hydrogen-bond acceptors (Lipinski definition) is 3. The zero-order valence-corrected chi connectivity index (χ0v) is 15.0. The number of benzene rings is 1. The Morgan fingerprint density at radius 3 is 2.27 bits per heavy atom. The summed E-state index contributed by atoms with van der Waals surface area (Å²) in [5.74, 6) is 0.797. The van der Waals surface area contributed by atoms with Gasteiger partial charge in [0.05, 0.1) is 11.4 Å². The number of aliphatic imine (C=N–C) groups is 1. The van der Waals surface area contributed by atoms with Crippen LogP contribution in [0.5, 0.6) is 0 Å². The zero-order chi connectivity index (χ0) is 16.9. The van der Waals surface area contributed by atoms with E-state index in [9.17, 15) is 8.42 Å². The van der Waals surface area contributed by atoms with E-state index in [1.165, 1.54) is 0 Å². The van der Waals surface area contributed by atoms with E-state index in [2.05, 4.69) is 9.71 Å². The van der Waals surface area contributed by atoms with E-state index in [-0.39, 0.29) is 6.54 Å². The van der Waals surface area contributed by atoms with Crippen molar-refractivity contribution < 1.29 is 8.42 Å². The van der Waals surface area contributed by atoms with Gasteiger partial charge in [0.1, 0.15) is 0 Å². The average Bonchev–Trinajstić information content (AvgIpc) is 2.40. The van der Waals surface area contributed by atoms with Crippen molar-refractivity contribution in [2.75, 3.05) is 41.3 Å². The Morgan fingerprint density at radius 1 is 1.14 bits per heavy atom. The van der Waals surface area contributed by atoms with Gasteiger partial charge in [-0.2, -0.15) is 0 Å². The van der Waals surface area contributed by atoms with Crippen molar-refractivity contribution in [3.63, 3.8) is 0 Å². The molecule has 124 valence electrons. The molecule has 7 heteroatoms. The number of aryl methyl sites for hydroxylation is 2. The summed E-state index contributed by atoms with van der Waals surface area (Å²) in [6.07, 6.45) is 0. The molecule has 1 N–H and O–H groups in total. The van der Waals surface area contributed by atoms with Crippen LogP contribution in [0.4, 0.5) is 0 Å². The van der Waals surface area contributed by atoms with Gasteiger partial charge in [-0.05, 0) is 31.0 Å². The number of rotatable bonds is 5. The second kappa shape index (κ2) is 7.60. The van der Waals surface area contributed by atoms with Crippen molar-refractivity contribution in [2.45, 2.75) is 18.7 Å². The summed E-state index contributed by atoms with van der Waals surface area (Å²) in [7, 11) is 4.11. The third kappa shape index (κ3) is 4.99. The summed E-state index contributed by atoms with van der Waals surface area (Å²) in [5.41, 5.74) is 1.66. The summed E-state index contributed by atoms with van der Waals surface area (Å²) in [6, 6.07) is 5.41. The predicted molar refractivity (Wildman–Crippen MR) is 90.8 cm³/mol. The van der Waals surface area contributed by atoms with Gasteiger partial charge in [-0.3, -0.25) is 4.99 Å². The van der Waals surface area contributed by atoms with Gasteiger partial charge in [-0.25, -0.2) is 13.1 Å². The second-order valence-corrected chi connectivity index (χ2v) is 7.37. The van der Waals surface area contributed by atoms with E-state index in [0.717, 1.165) is 17.1 Å². The Labute approximate surface area is 133 Å². The normalized spacial score (nSPS) is 11.2. The maximum atomic E-state index is 12.3. The molecule has 0 unspecified atom stereocenters. The van der Waals surface area contributed by atoms with Crippen LogP contribution < -0.4 is 4.72 Å². The number of hydrogen-bond donors (Lipinski definition) is 1. The molecule has 0 aliphatic heterocycles. The van der Waals surface area contributed by atoms with Gasteiger partial charge in [0.25, 0.3) is 0 Å². The second-order valence-electron chi connectivity index (χ2n) is 5.64. The molecule has 0 amide bonds. The predicted octanol–water partition coefficient (Wildman–Crippen LogP) is 1.06. The smallest absolute Gasteiger partial charge is 0.240 e. The third-order valence-corrected chi connectivity index (χ3v) is 4.69. The van der Waals surface area contributed by atoms with E-state index in [0.29, 0.717) is 11.4 Å². The maximum Gasteiger partial charge on any atom is 0.240 e. The molecule has 0 aliphatic rings. The van der Waals surface area contributed by atoms with Gasteiger partial charge in [-0.15, -0.1) is 0 Å². The highest BCUT2D eigenvalue weighted by atomic mass is 32.2. The molecule has 0 saturated heterocycles. The molecule has 0 bridgehead atoms. The Balaban J connectivity index is 2.75. The van der Waals surface area contributed by atoms with E-state index < -0.39 is 10.0 Å². The molecular formula is C15H26N4O2S. The first-order chi connectivity index (χ1) is 10.1. The first-order valence-electron chi connectivity index (χ1n) is 7.11. The van der Waals surface area contributed by atoms with Crippen LogP contribution in [0.25, 0.3) is 0 Å². The van der Waals surface area contributed by atoms with E-state index in [1.807, 2.05) is 57.0 Å². The van der Waals surface area contributed by atoms with Gasteiger partial charge in [0.15, 0.2) is 5.96 Å². The Bertz CT molecular complexity index is 627. The lowest BCUT2D eigenvalue weighted by atomic mass is 10.2. The van der Waals surface area contributed by atoms with Crippen molar-refractivity contribution in [2.24, 2.45) is 4.99 Å². The highest BCUT2D eigenvalue weighted by Crippen LogP contribution is 2.16. The molecule has 0 atom stereocenters. The lowest BCUT2D eigenvalue weighted by Gasteiger charge is -2.22. The van der Waals surface area contributed by atoms with Gasteiger partial charge < -0.3 is 9.80 Å². The first kappa shape index (κ1) is 18.4. The molecule has 0 saturated carbocycles. The molecular weight excluding hydrogens is 300 g/mol. The SMILES string of the molecule is Cc1ccc(C)c(S(=O)(=O)NCCN=C(N(C)C)N(C)C)c1. The molecule has 0 spiro atoms. The van der Waals surface area contributed by atoms with Crippen LogP contribution in [-0.4, -0.2) is 65.5 Å². The van der Waals surface area contributed by atoms with Crippen LogP contribution >= 0.6 is 0 Å². The minimum Gasteiger partial charge on any atom is -0.349 e. The van der Waals surface area contributed by atoms with Crippen LogP contribution in [0.1, 0.15) is 11.1 Å². The summed E-state index contributed by atoms with van der Waals surface area (Å²) < 4.78 is 27.3. The monoisotopic (exact) mass is 326 g/mol. The van der Waals surface area contributed by atoms with Crippen molar-refractivity contribution in [1.82, 2.24) is 14.5 Å². The zero-order valence-electron chi connectivity index (χ0n) is 14.2. The largest absolute Gasteiger partial charge is 0.349 e. The number of nitrogens with one attached hydrogen (secondary N) is 1. The van der Waals surface area contributed by atoms with Crippen molar-refractivity contribution in [1.29, 1.82) is 0 Å². The number of sulfonamides is 1. The van der Waals surface area contributed by atoms with Crippen molar-refractivity contribution in [3.8, 4) is 0 Å². The van der Waals surface area contributed by atoms with E-state index in [4.69, 9.17) is 0 Å². The summed E-state index contributed by atoms with van der Waals surface area (Å²) in [4.78, 5) is 8.51. The average molecular weight is 326 g/mol. The van der Waals surface area contributed by atoms with Crippen LogP contribution in [0.2, 0.25) is 0 Å². The molecule has 22 heavy (non-hydrogen) atoms. The van der Waals surface area contributed by atoms with E-state index in [1.54, 1.807) is 13.0 Å². The quantitative estimate of drug-likeness (QED) is 0.499. The molecule has 1 aromatic carbocycles. The summed E-state index contributed by atoms with van der Waals surface area (Å²) >= 11 is 0. The summed E-state index contributed by atoms with van der Waals surface area (Å²) in [6.45, 7) is 4.32. The maximum absolute atomic E-state index is 12.3. The lowest BCUT2D eigenvalue weighted by molar-refractivity contribution is 0.479. The molecule has 0 radical (unpaired) electrons. The molecule has 1 rings (SSSR count). The van der Waals surface area contributed by atoms with Crippen LogP contribution in [-0.2, 0) is 10.0 Å². The minimum absolute atomic E-state index is 0.265. The van der Waals surface area contributed by atoms with Gasteiger partial charge >= 0.3 is 0 Å². The third-order valence-electron chi connectivity index (χ3n) is 3.09. The number of guanidine groups is 1. The standard InChI is InChI=1S/C15H26N4O2S/c1-12-7-8-13(2)14(11-12)22(20,21)17-10-9-16-15(18(3)4)19(5)6/h7-8,11,17H,9-10H2,1-6H3.